The first kappa shape index (κ1) is 24.1. The molecule has 7 nitrogen and oxygen atoms in total. The molecule has 1 aromatic heterocycles. The molecular weight excluding hydrogens is 428 g/mol. The molecule has 0 radical (unpaired) electrons. The van der Waals surface area contributed by atoms with Crippen LogP contribution < -0.4 is 14.8 Å². The van der Waals surface area contributed by atoms with Crippen LogP contribution in [-0.4, -0.2) is 57.2 Å². The molecule has 3 rings (SSSR count). The van der Waals surface area contributed by atoms with Crippen LogP contribution in [0.4, 0.5) is 0 Å². The fourth-order valence-electron chi connectivity index (χ4n) is 4.10. The van der Waals surface area contributed by atoms with Gasteiger partial charge in [-0.15, -0.1) is 11.3 Å². The molecule has 2 aromatic rings. The minimum absolute atomic E-state index is 0.120. The summed E-state index contributed by atoms with van der Waals surface area (Å²) in [5.74, 6) is 0.784. The highest BCUT2D eigenvalue weighted by Crippen LogP contribution is 2.33. The molecule has 0 unspecified atom stereocenters. The summed E-state index contributed by atoms with van der Waals surface area (Å²) in [5, 5.41) is 5.12. The van der Waals surface area contributed by atoms with Crippen LogP contribution in [-0.2, 0) is 20.7 Å². The van der Waals surface area contributed by atoms with E-state index in [-0.39, 0.29) is 24.3 Å². The van der Waals surface area contributed by atoms with Gasteiger partial charge in [0.05, 0.1) is 27.2 Å². The zero-order valence-corrected chi connectivity index (χ0v) is 19.8. The van der Waals surface area contributed by atoms with E-state index in [1.165, 1.54) is 11.3 Å². The number of carbonyl (C=O) groups excluding carboxylic acids is 2. The quantitative estimate of drug-likeness (QED) is 0.555. The number of rotatable bonds is 11. The fourth-order valence-corrected chi connectivity index (χ4v) is 4.79. The van der Waals surface area contributed by atoms with Crippen molar-refractivity contribution < 1.29 is 23.8 Å². The van der Waals surface area contributed by atoms with Gasteiger partial charge in [-0.3, -0.25) is 9.59 Å². The summed E-state index contributed by atoms with van der Waals surface area (Å²) in [6, 6.07) is 8.56. The van der Waals surface area contributed by atoms with Crippen molar-refractivity contribution in [3.8, 4) is 11.5 Å². The van der Waals surface area contributed by atoms with Crippen LogP contribution in [0.3, 0.4) is 0 Å². The number of amides is 2. The van der Waals surface area contributed by atoms with E-state index in [9.17, 15) is 9.59 Å². The maximum Gasteiger partial charge on any atom is 0.247 e. The van der Waals surface area contributed by atoms with Crippen molar-refractivity contribution in [2.24, 2.45) is 0 Å². The summed E-state index contributed by atoms with van der Waals surface area (Å²) in [6.45, 7) is 0.633. The van der Waals surface area contributed by atoms with Crippen LogP contribution in [0.5, 0.6) is 11.5 Å². The van der Waals surface area contributed by atoms with Crippen LogP contribution in [0.25, 0.3) is 0 Å². The normalized spacial score (nSPS) is 14.7. The molecule has 1 aromatic carbocycles. The second-order valence-electron chi connectivity index (χ2n) is 7.84. The topological polar surface area (TPSA) is 77.1 Å². The van der Waals surface area contributed by atoms with Gasteiger partial charge in [0.2, 0.25) is 11.8 Å². The Balaban J connectivity index is 1.96. The number of nitrogens with one attached hydrogen (secondary N) is 1. The minimum atomic E-state index is -0.794. The third-order valence-corrected chi connectivity index (χ3v) is 6.62. The lowest BCUT2D eigenvalue weighted by Gasteiger charge is -2.32. The van der Waals surface area contributed by atoms with Crippen molar-refractivity contribution in [3.63, 3.8) is 0 Å². The molecule has 1 aliphatic carbocycles. The van der Waals surface area contributed by atoms with Gasteiger partial charge >= 0.3 is 0 Å². The van der Waals surface area contributed by atoms with Gasteiger partial charge in [-0.25, -0.2) is 0 Å². The zero-order chi connectivity index (χ0) is 22.9. The highest BCUT2D eigenvalue weighted by molar-refractivity contribution is 7.10. The summed E-state index contributed by atoms with van der Waals surface area (Å²) in [6.07, 6.45) is 4.38. The third-order valence-electron chi connectivity index (χ3n) is 5.75. The average Bonchev–Trinajstić information content (AvgIpc) is 3.50. The number of benzene rings is 1. The summed E-state index contributed by atoms with van der Waals surface area (Å²) < 4.78 is 16.1. The average molecular weight is 461 g/mol. The standard InChI is InChI=1S/C24H32N2O5S/c1-29-13-12-26(22(27)16-19-9-6-14-32-19)23(24(28)25-18-7-4-5-8-18)17-10-11-20(30-2)21(15-17)31-3/h6,9-11,14-15,18,23H,4-5,7-8,12-13,16H2,1-3H3,(H,25,28)/t23-/m1/s1. The largest absolute Gasteiger partial charge is 0.493 e. The van der Waals surface area contributed by atoms with Crippen LogP contribution in [0.2, 0.25) is 0 Å². The Morgan fingerprint density at radius 3 is 2.50 bits per heavy atom. The SMILES string of the molecule is COCCN(C(=O)Cc1cccs1)[C@@H](C(=O)NC1CCCC1)c1ccc(OC)c(OC)c1. The Bertz CT molecular complexity index is 881. The van der Waals surface area contributed by atoms with Crippen molar-refractivity contribution >= 4 is 23.2 Å². The van der Waals surface area contributed by atoms with Crippen LogP contribution in [0.1, 0.15) is 42.2 Å². The number of hydrogen-bond acceptors (Lipinski definition) is 6. The first-order chi connectivity index (χ1) is 15.6. The number of nitrogens with zero attached hydrogens (tertiary/aromatic N) is 1. The van der Waals surface area contributed by atoms with E-state index in [1.54, 1.807) is 38.4 Å². The van der Waals surface area contributed by atoms with Gasteiger partial charge in [0.25, 0.3) is 0 Å². The summed E-state index contributed by atoms with van der Waals surface area (Å²) in [5.41, 5.74) is 0.675. The van der Waals surface area contributed by atoms with E-state index < -0.39 is 6.04 Å². The Morgan fingerprint density at radius 1 is 1.12 bits per heavy atom. The molecule has 174 valence electrons. The third kappa shape index (κ3) is 6.01. The molecule has 2 amide bonds. The molecule has 1 saturated carbocycles. The van der Waals surface area contributed by atoms with Crippen molar-refractivity contribution in [1.82, 2.24) is 10.2 Å². The molecule has 0 spiro atoms. The molecule has 1 N–H and O–H groups in total. The Kier molecular flexibility index (Phi) is 8.93. The molecule has 1 fully saturated rings. The highest BCUT2D eigenvalue weighted by atomic mass is 32.1. The van der Waals surface area contributed by atoms with Gasteiger partial charge in [0.1, 0.15) is 6.04 Å². The Hall–Kier alpha value is -2.58. The van der Waals surface area contributed by atoms with Gasteiger partial charge in [-0.05, 0) is 42.0 Å². The van der Waals surface area contributed by atoms with E-state index in [0.717, 1.165) is 30.6 Å². The van der Waals surface area contributed by atoms with E-state index >= 15 is 0 Å². The maximum atomic E-state index is 13.5. The lowest BCUT2D eigenvalue weighted by atomic mass is 10.0. The first-order valence-electron chi connectivity index (χ1n) is 10.9. The van der Waals surface area contributed by atoms with Crippen molar-refractivity contribution in [2.75, 3.05) is 34.5 Å². The Morgan fingerprint density at radius 2 is 1.88 bits per heavy atom. The van der Waals surface area contributed by atoms with Crippen molar-refractivity contribution in [1.29, 1.82) is 0 Å². The maximum absolute atomic E-state index is 13.5. The van der Waals surface area contributed by atoms with Gasteiger partial charge in [0, 0.05) is 24.6 Å². The van der Waals surface area contributed by atoms with E-state index in [1.807, 2.05) is 23.6 Å². The van der Waals surface area contributed by atoms with E-state index in [0.29, 0.717) is 30.2 Å². The molecule has 0 saturated heterocycles. The first-order valence-corrected chi connectivity index (χ1v) is 11.8. The number of ether oxygens (including phenoxy) is 3. The van der Waals surface area contributed by atoms with Gasteiger partial charge in [-0.2, -0.15) is 0 Å². The zero-order valence-electron chi connectivity index (χ0n) is 19.0. The van der Waals surface area contributed by atoms with Crippen molar-refractivity contribution in [2.45, 2.75) is 44.2 Å². The molecule has 32 heavy (non-hydrogen) atoms. The molecule has 0 bridgehead atoms. The predicted molar refractivity (Wildman–Crippen MR) is 124 cm³/mol. The second-order valence-corrected chi connectivity index (χ2v) is 8.88. The predicted octanol–water partition coefficient (Wildman–Crippen LogP) is 3.58. The number of carbonyl (C=O) groups is 2. The minimum Gasteiger partial charge on any atom is -0.493 e. The summed E-state index contributed by atoms with van der Waals surface area (Å²) in [4.78, 5) is 29.5. The highest BCUT2D eigenvalue weighted by Gasteiger charge is 2.33. The van der Waals surface area contributed by atoms with Gasteiger partial charge < -0.3 is 24.4 Å². The smallest absolute Gasteiger partial charge is 0.247 e. The number of methoxy groups -OCH3 is 3. The molecule has 1 atom stereocenters. The lowest BCUT2D eigenvalue weighted by Crippen LogP contribution is -2.47. The fraction of sp³-hybridized carbons (Fsp3) is 0.500. The molecule has 0 aliphatic heterocycles. The van der Waals surface area contributed by atoms with Crippen LogP contribution >= 0.6 is 11.3 Å². The monoisotopic (exact) mass is 460 g/mol. The van der Waals surface area contributed by atoms with E-state index in [2.05, 4.69) is 5.32 Å². The molecular formula is C24H32N2O5S. The molecule has 8 heteroatoms. The summed E-state index contributed by atoms with van der Waals surface area (Å²) >= 11 is 1.53. The van der Waals surface area contributed by atoms with Crippen LogP contribution in [0.15, 0.2) is 35.7 Å². The number of thiophene rings is 1. The molecule has 1 heterocycles. The number of hydrogen-bond donors (Lipinski definition) is 1. The summed E-state index contributed by atoms with van der Waals surface area (Å²) in [7, 11) is 4.71. The second kappa shape index (κ2) is 11.9. The van der Waals surface area contributed by atoms with Crippen LogP contribution in [0, 0.1) is 0 Å². The molecule has 1 aliphatic rings. The Labute approximate surface area is 193 Å². The van der Waals surface area contributed by atoms with Gasteiger partial charge in [-0.1, -0.05) is 25.0 Å². The van der Waals surface area contributed by atoms with E-state index in [4.69, 9.17) is 14.2 Å². The van der Waals surface area contributed by atoms with Gasteiger partial charge in [0.15, 0.2) is 11.5 Å². The van der Waals surface area contributed by atoms with Crippen molar-refractivity contribution in [3.05, 3.63) is 46.2 Å². The lowest BCUT2D eigenvalue weighted by molar-refractivity contribution is -0.141.